The molecule has 1 saturated carbocycles. The van der Waals surface area contributed by atoms with Gasteiger partial charge in [0.15, 0.2) is 0 Å². The fraction of sp³-hybridized carbons (Fsp3) is 0.350. The van der Waals surface area contributed by atoms with Gasteiger partial charge in [-0.1, -0.05) is 13.0 Å². The lowest BCUT2D eigenvalue weighted by Crippen LogP contribution is -2.33. The smallest absolute Gasteiger partial charge is 0.251 e. The number of hydrogen-bond donors (Lipinski definition) is 1. The molecule has 0 spiro atoms. The standard InChI is InChI=1S/C20H22F2N2O/c1-13-11-20(13,17-9-6-15(21)10-18(17)22)12-23-19(25)14-4-7-16(8-5-14)24(2)3/h4-10,13H,11-12H2,1-3H3,(H,23,25). The maximum absolute atomic E-state index is 14.2. The summed E-state index contributed by atoms with van der Waals surface area (Å²) in [5, 5.41) is 2.91. The van der Waals surface area contributed by atoms with Crippen molar-refractivity contribution in [1.29, 1.82) is 0 Å². The fourth-order valence-corrected chi connectivity index (χ4v) is 3.35. The molecule has 5 heteroatoms. The number of nitrogens with zero attached hydrogens (tertiary/aromatic N) is 1. The highest BCUT2D eigenvalue weighted by Crippen LogP contribution is 2.54. The lowest BCUT2D eigenvalue weighted by molar-refractivity contribution is 0.0949. The van der Waals surface area contributed by atoms with E-state index in [2.05, 4.69) is 5.32 Å². The van der Waals surface area contributed by atoms with E-state index in [4.69, 9.17) is 0 Å². The zero-order valence-electron chi connectivity index (χ0n) is 14.6. The van der Waals surface area contributed by atoms with Crippen LogP contribution in [-0.2, 0) is 5.41 Å². The number of anilines is 1. The molecule has 1 aliphatic rings. The minimum absolute atomic E-state index is 0.189. The molecule has 25 heavy (non-hydrogen) atoms. The van der Waals surface area contributed by atoms with E-state index in [-0.39, 0.29) is 11.8 Å². The van der Waals surface area contributed by atoms with Crippen molar-refractivity contribution >= 4 is 11.6 Å². The van der Waals surface area contributed by atoms with Crippen LogP contribution in [0, 0.1) is 17.6 Å². The zero-order valence-corrected chi connectivity index (χ0v) is 14.6. The summed E-state index contributed by atoms with van der Waals surface area (Å²) in [6, 6.07) is 11.0. The highest BCUT2D eigenvalue weighted by atomic mass is 19.1. The third kappa shape index (κ3) is 3.36. The second-order valence-corrected chi connectivity index (χ2v) is 7.01. The largest absolute Gasteiger partial charge is 0.378 e. The Balaban J connectivity index is 1.72. The molecule has 1 aliphatic carbocycles. The van der Waals surface area contributed by atoms with Crippen molar-refractivity contribution < 1.29 is 13.6 Å². The van der Waals surface area contributed by atoms with Crippen LogP contribution in [-0.4, -0.2) is 26.5 Å². The van der Waals surface area contributed by atoms with E-state index in [0.29, 0.717) is 17.7 Å². The molecule has 3 rings (SSSR count). The Labute approximate surface area is 146 Å². The van der Waals surface area contributed by atoms with Gasteiger partial charge in [0.1, 0.15) is 11.6 Å². The molecule has 3 nitrogen and oxygen atoms in total. The number of carbonyl (C=O) groups excluding carboxylic acids is 1. The molecule has 0 heterocycles. The first-order chi connectivity index (χ1) is 11.8. The average Bonchev–Trinajstić information content (AvgIpc) is 3.23. The number of hydrogen-bond acceptors (Lipinski definition) is 2. The van der Waals surface area contributed by atoms with E-state index in [1.807, 2.05) is 38.1 Å². The molecule has 0 bridgehead atoms. The molecule has 0 aliphatic heterocycles. The summed E-state index contributed by atoms with van der Waals surface area (Å²) < 4.78 is 27.3. The number of rotatable bonds is 5. The van der Waals surface area contributed by atoms with Gasteiger partial charge in [0.2, 0.25) is 0 Å². The Bertz CT molecular complexity index is 789. The monoisotopic (exact) mass is 344 g/mol. The molecule has 2 aromatic carbocycles. The quantitative estimate of drug-likeness (QED) is 0.896. The van der Waals surface area contributed by atoms with Gasteiger partial charge in [-0.15, -0.1) is 0 Å². The van der Waals surface area contributed by atoms with Gasteiger partial charge in [-0.25, -0.2) is 8.78 Å². The van der Waals surface area contributed by atoms with Crippen LogP contribution >= 0.6 is 0 Å². The molecule has 1 amide bonds. The molecule has 132 valence electrons. The van der Waals surface area contributed by atoms with Gasteiger partial charge in [-0.2, -0.15) is 0 Å². The van der Waals surface area contributed by atoms with Crippen LogP contribution in [0.15, 0.2) is 42.5 Å². The van der Waals surface area contributed by atoms with Crippen molar-refractivity contribution in [3.63, 3.8) is 0 Å². The Morgan fingerprint density at radius 3 is 2.36 bits per heavy atom. The SMILES string of the molecule is CC1CC1(CNC(=O)c1ccc(N(C)C)cc1)c1ccc(F)cc1F. The molecule has 2 unspecified atom stereocenters. The van der Waals surface area contributed by atoms with Crippen LogP contribution in [0.4, 0.5) is 14.5 Å². The van der Waals surface area contributed by atoms with Gasteiger partial charge in [-0.3, -0.25) is 4.79 Å². The molecule has 0 aromatic heterocycles. The van der Waals surface area contributed by atoms with Crippen molar-refractivity contribution in [3.05, 3.63) is 65.2 Å². The summed E-state index contributed by atoms with van der Waals surface area (Å²) in [4.78, 5) is 14.4. The Morgan fingerprint density at radius 1 is 1.20 bits per heavy atom. The summed E-state index contributed by atoms with van der Waals surface area (Å²) >= 11 is 0. The third-order valence-electron chi connectivity index (χ3n) is 5.13. The maximum Gasteiger partial charge on any atom is 0.251 e. The summed E-state index contributed by atoms with van der Waals surface area (Å²) in [5.74, 6) is -1.08. The normalized spacial score (nSPS) is 21.7. The van der Waals surface area contributed by atoms with Crippen LogP contribution in [0.2, 0.25) is 0 Å². The second-order valence-electron chi connectivity index (χ2n) is 7.01. The van der Waals surface area contributed by atoms with Crippen molar-refractivity contribution in [3.8, 4) is 0 Å². The lowest BCUT2D eigenvalue weighted by Gasteiger charge is -2.19. The number of benzene rings is 2. The Morgan fingerprint density at radius 2 is 1.84 bits per heavy atom. The highest BCUT2D eigenvalue weighted by molar-refractivity contribution is 5.94. The summed E-state index contributed by atoms with van der Waals surface area (Å²) in [5.41, 5.74) is 1.60. The van der Waals surface area contributed by atoms with Crippen LogP contribution in [0.3, 0.4) is 0 Å². The van der Waals surface area contributed by atoms with Crippen molar-refractivity contribution in [2.45, 2.75) is 18.8 Å². The number of nitrogens with one attached hydrogen (secondary N) is 1. The predicted octanol–water partition coefficient (Wildman–Crippen LogP) is 3.74. The van der Waals surface area contributed by atoms with E-state index < -0.39 is 17.0 Å². The second kappa shape index (κ2) is 6.47. The van der Waals surface area contributed by atoms with Gasteiger partial charge in [-0.05, 0) is 48.2 Å². The number of carbonyl (C=O) groups is 1. The van der Waals surface area contributed by atoms with Crippen LogP contribution in [0.1, 0.15) is 29.3 Å². The molecule has 1 N–H and O–H groups in total. The zero-order chi connectivity index (χ0) is 18.2. The number of amides is 1. The highest BCUT2D eigenvalue weighted by Gasteiger charge is 2.53. The van der Waals surface area contributed by atoms with Crippen LogP contribution in [0.5, 0.6) is 0 Å². The Hall–Kier alpha value is -2.43. The molecular formula is C20H22F2N2O. The van der Waals surface area contributed by atoms with Crippen LogP contribution < -0.4 is 10.2 Å². The first kappa shape index (κ1) is 17.4. The molecule has 1 fully saturated rings. The molecular weight excluding hydrogens is 322 g/mol. The Kier molecular flexibility index (Phi) is 4.50. The van der Waals surface area contributed by atoms with E-state index in [1.165, 1.54) is 12.1 Å². The molecule has 0 saturated heterocycles. The van der Waals surface area contributed by atoms with E-state index in [9.17, 15) is 13.6 Å². The first-order valence-electron chi connectivity index (χ1n) is 8.34. The van der Waals surface area contributed by atoms with Crippen LogP contribution in [0.25, 0.3) is 0 Å². The topological polar surface area (TPSA) is 32.3 Å². The van der Waals surface area contributed by atoms with Crippen molar-refractivity contribution in [2.75, 3.05) is 25.5 Å². The molecule has 0 radical (unpaired) electrons. The third-order valence-corrected chi connectivity index (χ3v) is 5.13. The fourth-order valence-electron chi connectivity index (χ4n) is 3.35. The van der Waals surface area contributed by atoms with E-state index in [1.54, 1.807) is 12.1 Å². The average molecular weight is 344 g/mol. The van der Waals surface area contributed by atoms with Crippen molar-refractivity contribution in [1.82, 2.24) is 5.32 Å². The summed E-state index contributed by atoms with van der Waals surface area (Å²) in [6.45, 7) is 2.35. The minimum Gasteiger partial charge on any atom is -0.378 e. The van der Waals surface area contributed by atoms with Gasteiger partial charge in [0.25, 0.3) is 5.91 Å². The summed E-state index contributed by atoms with van der Waals surface area (Å²) in [6.07, 6.45) is 0.773. The van der Waals surface area contributed by atoms with Gasteiger partial charge < -0.3 is 10.2 Å². The minimum atomic E-state index is -0.588. The summed E-state index contributed by atoms with van der Waals surface area (Å²) in [7, 11) is 3.87. The molecule has 2 atom stereocenters. The first-order valence-corrected chi connectivity index (χ1v) is 8.34. The maximum atomic E-state index is 14.2. The lowest BCUT2D eigenvalue weighted by atomic mass is 9.92. The number of halogens is 2. The van der Waals surface area contributed by atoms with Gasteiger partial charge >= 0.3 is 0 Å². The molecule has 2 aromatic rings. The van der Waals surface area contributed by atoms with Gasteiger partial charge in [0, 0.05) is 43.4 Å². The predicted molar refractivity (Wildman–Crippen MR) is 94.9 cm³/mol. The van der Waals surface area contributed by atoms with E-state index in [0.717, 1.165) is 18.2 Å². The van der Waals surface area contributed by atoms with Crippen molar-refractivity contribution in [2.24, 2.45) is 5.92 Å². The van der Waals surface area contributed by atoms with E-state index >= 15 is 0 Å². The van der Waals surface area contributed by atoms with Gasteiger partial charge in [0.05, 0.1) is 0 Å².